The van der Waals surface area contributed by atoms with Crippen LogP contribution in [0.5, 0.6) is 0 Å². The van der Waals surface area contributed by atoms with Crippen LogP contribution in [-0.4, -0.2) is 96.7 Å². The van der Waals surface area contributed by atoms with Gasteiger partial charge in [0, 0.05) is 25.7 Å². The van der Waals surface area contributed by atoms with Gasteiger partial charge in [0.1, 0.15) is 19.3 Å². The highest BCUT2D eigenvalue weighted by Gasteiger charge is 2.30. The summed E-state index contributed by atoms with van der Waals surface area (Å²) in [5, 5.41) is 10.6. The molecule has 17 nitrogen and oxygen atoms in total. The number of carbonyl (C=O) groups excluding carboxylic acids is 4. The fourth-order valence-corrected chi connectivity index (χ4v) is 12.3. The van der Waals surface area contributed by atoms with Crippen LogP contribution in [0.2, 0.25) is 0 Å². The van der Waals surface area contributed by atoms with Gasteiger partial charge in [-0.15, -0.1) is 0 Å². The third-order valence-electron chi connectivity index (χ3n) is 16.7. The lowest BCUT2D eigenvalue weighted by Crippen LogP contribution is -2.30. The van der Waals surface area contributed by atoms with Gasteiger partial charge in [-0.3, -0.25) is 37.3 Å². The maximum atomic E-state index is 13.1. The monoisotopic (exact) mass is 1420 g/mol. The largest absolute Gasteiger partial charge is 0.472 e. The Balaban J connectivity index is 5.36. The smallest absolute Gasteiger partial charge is 0.462 e. The standard InChI is InChI=1S/C79H142O17P2/c1-5-9-13-17-21-25-29-33-36-40-43-47-51-55-59-63-76(81)89-69-74(95-78(83)65-61-57-53-49-45-39-32-28-24-20-16-12-8-4)71-93-97(85,86)91-67-73(80)68-92-98(87,88)94-72-75(96-79(84)66-62-58-54-50-46-42-38-35-31-27-23-19-15-11-7-3)70-90-77(82)64-60-56-52-48-44-41-37-34-30-26-22-18-14-10-6-2/h10,14,22,26,33-38,44,48,73-75,80H,5-9,11-13,15-21,23-25,27-32,39-43,45-47,49-72H2,1-4H3,(H,85,86)(H,87,88)/b14-10-,26-22-,36-33-,37-34-,38-35-,48-44-. The minimum Gasteiger partial charge on any atom is -0.462 e. The lowest BCUT2D eigenvalue weighted by Gasteiger charge is -2.21. The van der Waals surface area contributed by atoms with Gasteiger partial charge in [0.15, 0.2) is 12.2 Å². The Hall–Kier alpha value is -3.50. The summed E-state index contributed by atoms with van der Waals surface area (Å²) in [4.78, 5) is 72.9. The van der Waals surface area contributed by atoms with Crippen LogP contribution in [0.4, 0.5) is 0 Å². The minimum atomic E-state index is -4.98. The van der Waals surface area contributed by atoms with E-state index in [0.29, 0.717) is 25.7 Å². The predicted octanol–water partition coefficient (Wildman–Crippen LogP) is 22.4. The number of aliphatic hydroxyl groups is 1. The number of allylic oxidation sites excluding steroid dienone is 12. The van der Waals surface area contributed by atoms with Crippen LogP contribution < -0.4 is 0 Å². The summed E-state index contributed by atoms with van der Waals surface area (Å²) < 4.78 is 68.5. The third-order valence-corrected chi connectivity index (χ3v) is 18.6. The Kier molecular flexibility index (Phi) is 69.3. The molecule has 570 valence electrons. The zero-order valence-corrected chi connectivity index (χ0v) is 64.0. The van der Waals surface area contributed by atoms with Crippen molar-refractivity contribution in [1.29, 1.82) is 0 Å². The molecule has 0 amide bonds. The first-order chi connectivity index (χ1) is 47.7. The second-order valence-corrected chi connectivity index (χ2v) is 29.2. The van der Waals surface area contributed by atoms with Crippen LogP contribution in [-0.2, 0) is 65.4 Å². The van der Waals surface area contributed by atoms with Crippen molar-refractivity contribution in [2.75, 3.05) is 39.6 Å². The summed E-state index contributed by atoms with van der Waals surface area (Å²) in [6.45, 7) is 4.74. The van der Waals surface area contributed by atoms with Crippen molar-refractivity contribution in [3.05, 3.63) is 72.9 Å². The fraction of sp³-hybridized carbons (Fsp3) is 0.797. The summed E-state index contributed by atoms with van der Waals surface area (Å²) in [5.74, 6) is -2.21. The molecule has 5 atom stereocenters. The number of unbranched alkanes of at least 4 members (excludes halogenated alkanes) is 36. The van der Waals surface area contributed by atoms with Crippen molar-refractivity contribution < 1.29 is 80.2 Å². The second kappa shape index (κ2) is 71.9. The molecule has 0 aromatic carbocycles. The van der Waals surface area contributed by atoms with E-state index in [9.17, 15) is 43.2 Å². The number of phosphoric acid groups is 2. The average molecular weight is 1430 g/mol. The Morgan fingerprint density at radius 1 is 0.296 bits per heavy atom. The van der Waals surface area contributed by atoms with E-state index in [1.54, 1.807) is 0 Å². The molecule has 0 aliphatic rings. The Bertz CT molecular complexity index is 2140. The predicted molar refractivity (Wildman–Crippen MR) is 400 cm³/mol. The van der Waals surface area contributed by atoms with Crippen molar-refractivity contribution in [2.45, 2.75) is 367 Å². The zero-order chi connectivity index (χ0) is 71.8. The van der Waals surface area contributed by atoms with Gasteiger partial charge >= 0.3 is 39.5 Å². The molecule has 5 unspecified atom stereocenters. The van der Waals surface area contributed by atoms with Gasteiger partial charge in [-0.25, -0.2) is 9.13 Å². The summed E-state index contributed by atoms with van der Waals surface area (Å²) in [5.41, 5.74) is 0. The molecule has 3 N–H and O–H groups in total. The number of ether oxygens (including phenoxy) is 4. The van der Waals surface area contributed by atoms with Gasteiger partial charge < -0.3 is 33.8 Å². The SMILES string of the molecule is CC/C=C\C/C=C\C/C=C\C/C=C\CCCCC(=O)OCC(COP(=O)(O)OCC(O)COP(=O)(O)OCC(COC(=O)CCCCCCC/C=C\CCCCCCCC)OC(=O)CCCCCCCCCCCCCCC)OC(=O)CCCCCCC/C=C\CCCCCCCC. The number of aliphatic hydroxyl groups excluding tert-OH is 1. The molecule has 0 heterocycles. The number of rotatable bonds is 74. The topological polar surface area (TPSA) is 237 Å². The first-order valence-corrected chi connectivity index (χ1v) is 42.2. The van der Waals surface area contributed by atoms with E-state index in [-0.39, 0.29) is 25.7 Å². The summed E-state index contributed by atoms with van der Waals surface area (Å²) in [7, 11) is -9.95. The Morgan fingerprint density at radius 2 is 0.531 bits per heavy atom. The maximum Gasteiger partial charge on any atom is 0.472 e. The van der Waals surface area contributed by atoms with E-state index in [1.807, 2.05) is 0 Å². The molecule has 0 radical (unpaired) electrons. The van der Waals surface area contributed by atoms with Crippen molar-refractivity contribution in [3.63, 3.8) is 0 Å². The lowest BCUT2D eigenvalue weighted by atomic mass is 10.0. The molecule has 0 rings (SSSR count). The molecular weight excluding hydrogens is 1280 g/mol. The van der Waals surface area contributed by atoms with Crippen LogP contribution in [0.25, 0.3) is 0 Å². The first-order valence-electron chi connectivity index (χ1n) is 39.2. The van der Waals surface area contributed by atoms with Crippen molar-refractivity contribution in [2.24, 2.45) is 0 Å². The van der Waals surface area contributed by atoms with E-state index in [2.05, 4.69) is 101 Å². The third kappa shape index (κ3) is 70.9. The lowest BCUT2D eigenvalue weighted by molar-refractivity contribution is -0.161. The number of esters is 4. The highest BCUT2D eigenvalue weighted by molar-refractivity contribution is 7.47. The number of phosphoric ester groups is 2. The second-order valence-electron chi connectivity index (χ2n) is 26.3. The highest BCUT2D eigenvalue weighted by atomic mass is 31.2. The summed E-state index contributed by atoms with van der Waals surface area (Å²) in [6.07, 6.45) is 71.7. The maximum absolute atomic E-state index is 13.1. The number of hydrogen-bond acceptors (Lipinski definition) is 15. The number of hydrogen-bond donors (Lipinski definition) is 3. The molecule has 0 aliphatic heterocycles. The Morgan fingerprint density at radius 3 is 0.847 bits per heavy atom. The summed E-state index contributed by atoms with van der Waals surface area (Å²) >= 11 is 0. The Labute approximate surface area is 596 Å². The van der Waals surface area contributed by atoms with E-state index in [0.717, 1.165) is 141 Å². The van der Waals surface area contributed by atoms with Crippen molar-refractivity contribution in [1.82, 2.24) is 0 Å². The fourth-order valence-electron chi connectivity index (χ4n) is 10.7. The van der Waals surface area contributed by atoms with Crippen LogP contribution in [0.15, 0.2) is 72.9 Å². The average Bonchev–Trinajstić information content (AvgIpc) is 1.04. The van der Waals surface area contributed by atoms with E-state index >= 15 is 0 Å². The van der Waals surface area contributed by atoms with Crippen LogP contribution >= 0.6 is 15.6 Å². The molecule has 98 heavy (non-hydrogen) atoms. The molecule has 0 aliphatic carbocycles. The van der Waals surface area contributed by atoms with Crippen LogP contribution in [0, 0.1) is 0 Å². The van der Waals surface area contributed by atoms with E-state index in [1.165, 1.54) is 128 Å². The zero-order valence-electron chi connectivity index (χ0n) is 62.2. The van der Waals surface area contributed by atoms with Gasteiger partial charge in [-0.1, -0.05) is 280 Å². The van der Waals surface area contributed by atoms with Gasteiger partial charge in [0.25, 0.3) is 0 Å². The van der Waals surface area contributed by atoms with Gasteiger partial charge in [-0.2, -0.15) is 0 Å². The quantitative estimate of drug-likeness (QED) is 0.0169. The molecule has 0 saturated carbocycles. The minimum absolute atomic E-state index is 0.0783. The molecule has 0 bridgehead atoms. The summed E-state index contributed by atoms with van der Waals surface area (Å²) in [6, 6.07) is 0. The normalized spacial score (nSPS) is 14.3. The van der Waals surface area contributed by atoms with Crippen LogP contribution in [0.3, 0.4) is 0 Å². The molecule has 0 fully saturated rings. The molecule has 19 heteroatoms. The van der Waals surface area contributed by atoms with E-state index in [4.69, 9.17) is 37.0 Å². The molecule has 0 aromatic rings. The van der Waals surface area contributed by atoms with Crippen LogP contribution in [0.1, 0.15) is 349 Å². The molecule has 0 aromatic heterocycles. The highest BCUT2D eigenvalue weighted by Crippen LogP contribution is 2.45. The van der Waals surface area contributed by atoms with Gasteiger partial charge in [0.05, 0.1) is 26.4 Å². The van der Waals surface area contributed by atoms with Crippen molar-refractivity contribution >= 4 is 39.5 Å². The van der Waals surface area contributed by atoms with Gasteiger partial charge in [0.2, 0.25) is 0 Å². The molecule has 0 spiro atoms. The van der Waals surface area contributed by atoms with Gasteiger partial charge in [-0.05, 0) is 116 Å². The van der Waals surface area contributed by atoms with Crippen molar-refractivity contribution in [3.8, 4) is 0 Å². The molecule has 0 saturated heterocycles. The molecular formula is C79H142O17P2. The first kappa shape index (κ1) is 94.5. The van der Waals surface area contributed by atoms with E-state index < -0.39 is 97.5 Å². The number of carbonyl (C=O) groups is 4.